The molecule has 27 heavy (non-hydrogen) atoms. The Morgan fingerprint density at radius 3 is 2.70 bits per heavy atom. The average molecular weight is 390 g/mol. The van der Waals surface area contributed by atoms with Crippen molar-refractivity contribution in [2.45, 2.75) is 38.3 Å². The lowest BCUT2D eigenvalue weighted by Crippen LogP contribution is -2.27. The highest BCUT2D eigenvalue weighted by Crippen LogP contribution is 2.45. The first-order valence-electron chi connectivity index (χ1n) is 8.64. The van der Waals surface area contributed by atoms with Gasteiger partial charge >= 0.3 is 0 Å². The summed E-state index contributed by atoms with van der Waals surface area (Å²) in [4.78, 5) is 4.86. The summed E-state index contributed by atoms with van der Waals surface area (Å²) in [6.45, 7) is 7.28. The molecule has 0 amide bonds. The van der Waals surface area contributed by atoms with E-state index in [0.29, 0.717) is 11.4 Å². The third-order valence-corrected chi connectivity index (χ3v) is 6.18. The molecule has 1 saturated heterocycles. The van der Waals surface area contributed by atoms with Gasteiger partial charge in [-0.15, -0.1) is 11.3 Å². The van der Waals surface area contributed by atoms with Crippen LogP contribution in [0.5, 0.6) is 0 Å². The molecule has 7 heteroatoms. The Morgan fingerprint density at radius 2 is 2.07 bits per heavy atom. The Kier molecular flexibility index (Phi) is 5.76. The molecule has 2 aromatic rings. The van der Waals surface area contributed by atoms with Crippen LogP contribution in [0.2, 0.25) is 0 Å². The Labute approximate surface area is 161 Å². The van der Waals surface area contributed by atoms with E-state index >= 15 is 0 Å². The zero-order valence-corrected chi connectivity index (χ0v) is 16.0. The highest BCUT2D eigenvalue weighted by atomic mass is 32.1. The molecule has 1 aliphatic rings. The lowest BCUT2D eigenvalue weighted by atomic mass is 9.91. The number of aliphatic imine (C=N–C) groups is 1. The fourth-order valence-corrected chi connectivity index (χ4v) is 4.56. The van der Waals surface area contributed by atoms with E-state index in [9.17, 15) is 14.6 Å². The van der Waals surface area contributed by atoms with E-state index < -0.39 is 24.4 Å². The van der Waals surface area contributed by atoms with Crippen LogP contribution in [-0.2, 0) is 4.74 Å². The quantitative estimate of drug-likeness (QED) is 0.540. The van der Waals surface area contributed by atoms with Gasteiger partial charge < -0.3 is 20.7 Å². The van der Waals surface area contributed by atoms with Crippen molar-refractivity contribution in [3.05, 3.63) is 69.8 Å². The number of ether oxygens (including phenoxy) is 1. The minimum absolute atomic E-state index is 0.306. The van der Waals surface area contributed by atoms with Crippen LogP contribution in [-0.4, -0.2) is 28.3 Å². The third-order valence-electron chi connectivity index (χ3n) is 5.04. The second-order valence-corrected chi connectivity index (χ2v) is 7.61. The van der Waals surface area contributed by atoms with E-state index in [0.717, 1.165) is 16.0 Å². The van der Waals surface area contributed by atoms with Crippen molar-refractivity contribution >= 4 is 17.2 Å². The van der Waals surface area contributed by atoms with Gasteiger partial charge in [0.15, 0.2) is 0 Å². The van der Waals surface area contributed by atoms with Crippen molar-refractivity contribution in [3.63, 3.8) is 0 Å². The molecule has 0 radical (unpaired) electrons. The van der Waals surface area contributed by atoms with E-state index in [2.05, 4.69) is 11.6 Å². The number of benzene rings is 1. The van der Waals surface area contributed by atoms with Gasteiger partial charge in [0.2, 0.25) is 0 Å². The average Bonchev–Trinajstić information content (AvgIpc) is 3.16. The van der Waals surface area contributed by atoms with E-state index in [-0.39, 0.29) is 11.7 Å². The molecule has 0 aliphatic carbocycles. The summed E-state index contributed by atoms with van der Waals surface area (Å²) in [5.41, 5.74) is 8.17. The molecule has 1 aliphatic heterocycles. The van der Waals surface area contributed by atoms with Crippen molar-refractivity contribution in [3.8, 4) is 0 Å². The molecule has 5 unspecified atom stereocenters. The molecule has 0 saturated carbocycles. The summed E-state index contributed by atoms with van der Waals surface area (Å²) in [5, 5.41) is 23.3. The van der Waals surface area contributed by atoms with Gasteiger partial charge in [-0.1, -0.05) is 25.6 Å². The van der Waals surface area contributed by atoms with Gasteiger partial charge in [-0.25, -0.2) is 9.38 Å². The summed E-state index contributed by atoms with van der Waals surface area (Å²) in [6, 6.07) is 5.64. The predicted molar refractivity (Wildman–Crippen MR) is 104 cm³/mol. The number of aliphatic hydroxyl groups excluding tert-OH is 2. The maximum absolute atomic E-state index is 13.1. The van der Waals surface area contributed by atoms with Crippen molar-refractivity contribution in [1.82, 2.24) is 0 Å². The second-order valence-electron chi connectivity index (χ2n) is 6.70. The van der Waals surface area contributed by atoms with E-state index in [1.165, 1.54) is 41.8 Å². The lowest BCUT2D eigenvalue weighted by Gasteiger charge is -2.22. The van der Waals surface area contributed by atoms with Crippen LogP contribution in [0, 0.1) is 18.7 Å². The van der Waals surface area contributed by atoms with Crippen LogP contribution in [0.4, 0.5) is 4.39 Å². The minimum atomic E-state index is -0.965. The van der Waals surface area contributed by atoms with Crippen molar-refractivity contribution < 1.29 is 19.3 Å². The van der Waals surface area contributed by atoms with E-state index in [1.54, 1.807) is 0 Å². The largest absolute Gasteiger partial charge is 0.390 e. The van der Waals surface area contributed by atoms with Gasteiger partial charge in [0.1, 0.15) is 23.9 Å². The molecule has 1 fully saturated rings. The third kappa shape index (κ3) is 3.68. The molecule has 144 valence electrons. The summed E-state index contributed by atoms with van der Waals surface area (Å²) < 4.78 is 19.2. The molecular formula is C20H23FN2O3S. The van der Waals surface area contributed by atoms with Crippen LogP contribution in [0.25, 0.3) is 0 Å². The maximum Gasteiger partial charge on any atom is 0.131 e. The second kappa shape index (κ2) is 7.90. The fraction of sp³-hybridized carbons (Fsp3) is 0.350. The van der Waals surface area contributed by atoms with Crippen LogP contribution in [0.15, 0.2) is 47.4 Å². The number of amidine groups is 1. The summed E-state index contributed by atoms with van der Waals surface area (Å²) in [7, 11) is 0. The molecule has 4 N–H and O–H groups in total. The van der Waals surface area contributed by atoms with Gasteiger partial charge in [0.25, 0.3) is 0 Å². The van der Waals surface area contributed by atoms with E-state index in [1.807, 2.05) is 19.2 Å². The molecule has 0 bridgehead atoms. The molecule has 2 heterocycles. The Balaban J connectivity index is 1.86. The van der Waals surface area contributed by atoms with Gasteiger partial charge in [0.05, 0.1) is 12.2 Å². The van der Waals surface area contributed by atoms with Crippen LogP contribution >= 0.6 is 11.3 Å². The number of thiophene rings is 1. The zero-order chi connectivity index (χ0) is 19.7. The van der Waals surface area contributed by atoms with Crippen LogP contribution < -0.4 is 5.73 Å². The van der Waals surface area contributed by atoms with Crippen LogP contribution in [0.1, 0.15) is 40.7 Å². The first-order valence-corrected chi connectivity index (χ1v) is 9.52. The molecular weight excluding hydrogens is 367 g/mol. The SMILES string of the molecule is C=CN=C(N)c1csc(C2OC(C(O)c3ccc(F)cc3)C(C)C2O)c1C. The number of rotatable bonds is 5. The van der Waals surface area contributed by atoms with Gasteiger partial charge in [-0.2, -0.15) is 0 Å². The standard InChI is InChI=1S/C20H23FN2O3S/c1-4-23-20(22)14-9-27-19(10(14)2)18-15(24)11(3)17(26-18)16(25)12-5-7-13(21)8-6-12/h4-9,11,15-18,24-25H,1H2,2-3H3,(H2,22,23). The maximum atomic E-state index is 13.1. The molecule has 1 aromatic heterocycles. The molecule has 1 aromatic carbocycles. The number of hydrogen-bond donors (Lipinski definition) is 3. The number of nitrogens with zero attached hydrogens (tertiary/aromatic N) is 1. The normalized spacial score (nSPS) is 26.9. The van der Waals surface area contributed by atoms with Gasteiger partial charge in [-0.3, -0.25) is 0 Å². The van der Waals surface area contributed by atoms with Crippen LogP contribution in [0.3, 0.4) is 0 Å². The molecule has 3 rings (SSSR count). The topological polar surface area (TPSA) is 88.1 Å². The van der Waals surface area contributed by atoms with Crippen molar-refractivity contribution in [2.75, 3.05) is 0 Å². The summed E-state index contributed by atoms with van der Waals surface area (Å²) >= 11 is 1.43. The number of nitrogens with two attached hydrogens (primary N) is 1. The first kappa shape index (κ1) is 19.7. The summed E-state index contributed by atoms with van der Waals surface area (Å²) in [5.74, 6) is -0.322. The molecule has 5 atom stereocenters. The van der Waals surface area contributed by atoms with Crippen molar-refractivity contribution in [2.24, 2.45) is 16.6 Å². The minimum Gasteiger partial charge on any atom is -0.390 e. The molecule has 0 spiro atoms. The smallest absolute Gasteiger partial charge is 0.131 e. The highest BCUT2D eigenvalue weighted by Gasteiger charge is 2.46. The number of halogens is 1. The number of aliphatic hydroxyl groups is 2. The zero-order valence-electron chi connectivity index (χ0n) is 15.2. The Bertz CT molecular complexity index is 849. The monoisotopic (exact) mass is 390 g/mol. The first-order chi connectivity index (χ1) is 12.8. The predicted octanol–water partition coefficient (Wildman–Crippen LogP) is 3.21. The molecule has 5 nitrogen and oxygen atoms in total. The Hall–Kier alpha value is -2.06. The number of hydrogen-bond acceptors (Lipinski definition) is 5. The Morgan fingerprint density at radius 1 is 1.41 bits per heavy atom. The fourth-order valence-electron chi connectivity index (χ4n) is 3.40. The van der Waals surface area contributed by atoms with E-state index in [4.69, 9.17) is 10.5 Å². The highest BCUT2D eigenvalue weighted by molar-refractivity contribution is 7.10. The van der Waals surface area contributed by atoms with Gasteiger partial charge in [0, 0.05) is 27.9 Å². The lowest BCUT2D eigenvalue weighted by molar-refractivity contribution is -0.0508. The summed E-state index contributed by atoms with van der Waals surface area (Å²) in [6.07, 6.45) is -1.56. The van der Waals surface area contributed by atoms with Gasteiger partial charge in [-0.05, 0) is 30.2 Å². The van der Waals surface area contributed by atoms with Crippen molar-refractivity contribution in [1.29, 1.82) is 0 Å².